The van der Waals surface area contributed by atoms with Gasteiger partial charge in [-0.1, -0.05) is 158 Å². The van der Waals surface area contributed by atoms with E-state index < -0.39 is 0 Å². The lowest BCUT2D eigenvalue weighted by molar-refractivity contribution is 1.15. The highest BCUT2D eigenvalue weighted by Gasteiger charge is 2.18. The van der Waals surface area contributed by atoms with Crippen LogP contribution in [-0.2, 0) is 0 Å². The monoisotopic (exact) mass is 738 g/mol. The quantitative estimate of drug-likeness (QED) is 0.165. The van der Waals surface area contributed by atoms with Gasteiger partial charge in [-0.25, -0.2) is 9.97 Å². The summed E-state index contributed by atoms with van der Waals surface area (Å²) in [5.74, 6) is 0.694. The molecule has 12 aromatic rings. The van der Waals surface area contributed by atoms with Gasteiger partial charge in [-0.05, 0) is 65.0 Å². The highest BCUT2D eigenvalue weighted by molar-refractivity contribution is 6.12. The molecule has 0 spiro atoms. The van der Waals surface area contributed by atoms with E-state index >= 15 is 0 Å². The smallest absolute Gasteiger partial charge is 0.160 e. The summed E-state index contributed by atoms with van der Waals surface area (Å²) in [4.78, 5) is 10.7. The first-order valence-electron chi connectivity index (χ1n) is 19.7. The molecule has 58 heavy (non-hydrogen) atoms. The van der Waals surface area contributed by atoms with Crippen LogP contribution in [-0.4, -0.2) is 19.1 Å². The summed E-state index contributed by atoms with van der Waals surface area (Å²) < 4.78 is 4.79. The lowest BCUT2D eigenvalue weighted by atomic mass is 9.99. The molecule has 0 saturated carbocycles. The van der Waals surface area contributed by atoms with Crippen molar-refractivity contribution in [1.29, 1.82) is 0 Å². The number of aromatic nitrogens is 4. The third-order valence-corrected chi connectivity index (χ3v) is 11.7. The van der Waals surface area contributed by atoms with E-state index in [1.807, 2.05) is 0 Å². The number of fused-ring (bicyclic) bond motifs is 9. The van der Waals surface area contributed by atoms with Crippen molar-refractivity contribution in [2.24, 2.45) is 0 Å². The molecule has 0 unspecified atom stereocenters. The molecule has 4 heteroatoms. The van der Waals surface area contributed by atoms with Crippen molar-refractivity contribution in [3.05, 3.63) is 206 Å². The van der Waals surface area contributed by atoms with Gasteiger partial charge in [-0.3, -0.25) is 0 Å². The Morgan fingerprint density at radius 1 is 0.293 bits per heavy atom. The first kappa shape index (κ1) is 32.4. The molecule has 3 heterocycles. The predicted molar refractivity (Wildman–Crippen MR) is 242 cm³/mol. The number of hydrogen-bond acceptors (Lipinski definition) is 2. The first-order valence-corrected chi connectivity index (χ1v) is 19.7. The Balaban J connectivity index is 1.06. The summed E-state index contributed by atoms with van der Waals surface area (Å²) in [7, 11) is 0. The Labute approximate surface area is 334 Å². The zero-order valence-corrected chi connectivity index (χ0v) is 31.4. The zero-order chi connectivity index (χ0) is 38.2. The average molecular weight is 739 g/mol. The van der Waals surface area contributed by atoms with E-state index in [1.54, 1.807) is 0 Å². The van der Waals surface area contributed by atoms with Gasteiger partial charge in [0.15, 0.2) is 5.82 Å². The zero-order valence-electron chi connectivity index (χ0n) is 31.4. The molecule has 0 atom stereocenters. The van der Waals surface area contributed by atoms with E-state index in [0.717, 1.165) is 60.9 Å². The van der Waals surface area contributed by atoms with Crippen molar-refractivity contribution in [3.8, 4) is 45.1 Å². The van der Waals surface area contributed by atoms with Gasteiger partial charge in [-0.15, -0.1) is 0 Å². The van der Waals surface area contributed by atoms with Crippen LogP contribution in [0, 0.1) is 0 Å². The molecular weight excluding hydrogens is 705 g/mol. The van der Waals surface area contributed by atoms with Gasteiger partial charge in [0.25, 0.3) is 0 Å². The van der Waals surface area contributed by atoms with E-state index in [2.05, 4.69) is 215 Å². The van der Waals surface area contributed by atoms with Crippen molar-refractivity contribution in [1.82, 2.24) is 19.1 Å². The SMILES string of the molecule is c1ccc(-c2ccc(-c3nc(-c4cccc(-n5c6ccccc6c6ccc(-n7c8ccccc8c8ccccc87)cc65)c4)nc4c3ccc3ccccc34)cc2)cc1. The minimum atomic E-state index is 0.694. The van der Waals surface area contributed by atoms with Crippen LogP contribution in [0.1, 0.15) is 0 Å². The van der Waals surface area contributed by atoms with Gasteiger partial charge >= 0.3 is 0 Å². The van der Waals surface area contributed by atoms with Crippen molar-refractivity contribution in [2.75, 3.05) is 0 Å². The Morgan fingerprint density at radius 2 is 0.810 bits per heavy atom. The standard InChI is InChI=1S/C54H34N4/c1-2-13-35(14-3-1)36-25-27-38(28-26-36)52-47-31-29-37-15-4-5-18-42(37)53(47)56-54(55-52)39-16-12-17-40(33-39)58-50-24-11-8-21-45(50)46-32-30-41(34-51(46)58)57-48-22-9-6-19-43(48)44-20-7-10-23-49(44)57/h1-34H. The van der Waals surface area contributed by atoms with Crippen molar-refractivity contribution in [3.63, 3.8) is 0 Å². The second-order valence-corrected chi connectivity index (χ2v) is 15.0. The van der Waals surface area contributed by atoms with Crippen LogP contribution in [0.3, 0.4) is 0 Å². The Hall–Kier alpha value is -7.82. The van der Waals surface area contributed by atoms with Gasteiger partial charge in [0, 0.05) is 54.8 Å². The Morgan fingerprint density at radius 3 is 1.52 bits per heavy atom. The van der Waals surface area contributed by atoms with E-state index in [4.69, 9.17) is 9.97 Å². The fourth-order valence-electron chi connectivity index (χ4n) is 9.02. The predicted octanol–water partition coefficient (Wildman–Crippen LogP) is 14.0. The second kappa shape index (κ2) is 12.9. The van der Waals surface area contributed by atoms with Gasteiger partial charge in [0.2, 0.25) is 0 Å². The summed E-state index contributed by atoms with van der Waals surface area (Å²) in [5.41, 5.74) is 13.1. The molecule has 3 aromatic heterocycles. The molecule has 0 amide bonds. The third-order valence-electron chi connectivity index (χ3n) is 11.7. The van der Waals surface area contributed by atoms with Crippen molar-refractivity contribution < 1.29 is 0 Å². The molecule has 270 valence electrons. The van der Waals surface area contributed by atoms with E-state index in [0.29, 0.717) is 5.82 Å². The summed E-state index contributed by atoms with van der Waals surface area (Å²) >= 11 is 0. The molecule has 0 aliphatic heterocycles. The average Bonchev–Trinajstić information content (AvgIpc) is 3.81. The summed E-state index contributed by atoms with van der Waals surface area (Å²) in [5, 5.41) is 8.23. The van der Waals surface area contributed by atoms with Gasteiger partial charge < -0.3 is 9.13 Å². The molecule has 0 bridgehead atoms. The van der Waals surface area contributed by atoms with Gasteiger partial charge in [0.1, 0.15) is 0 Å². The first-order chi connectivity index (χ1) is 28.8. The minimum Gasteiger partial charge on any atom is -0.309 e. The maximum absolute atomic E-state index is 5.38. The van der Waals surface area contributed by atoms with E-state index in [1.165, 1.54) is 43.7 Å². The molecule has 12 rings (SSSR count). The molecule has 0 aliphatic rings. The largest absolute Gasteiger partial charge is 0.309 e. The molecule has 0 radical (unpaired) electrons. The van der Waals surface area contributed by atoms with E-state index in [9.17, 15) is 0 Å². The number of nitrogens with zero attached hydrogens (tertiary/aromatic N) is 4. The van der Waals surface area contributed by atoms with Crippen LogP contribution in [0.15, 0.2) is 206 Å². The number of benzene rings is 9. The van der Waals surface area contributed by atoms with E-state index in [-0.39, 0.29) is 0 Å². The molecule has 4 nitrogen and oxygen atoms in total. The number of para-hydroxylation sites is 3. The Bertz CT molecular complexity index is 3500. The normalized spacial score (nSPS) is 11.8. The molecule has 9 aromatic carbocycles. The highest BCUT2D eigenvalue weighted by Crippen LogP contribution is 2.39. The molecule has 0 saturated heterocycles. The van der Waals surface area contributed by atoms with Crippen LogP contribution in [0.25, 0.3) is 110 Å². The number of rotatable bonds is 5. The topological polar surface area (TPSA) is 35.6 Å². The fourth-order valence-corrected chi connectivity index (χ4v) is 9.02. The fraction of sp³-hybridized carbons (Fsp3) is 0. The van der Waals surface area contributed by atoms with Gasteiger partial charge in [-0.2, -0.15) is 0 Å². The summed E-state index contributed by atoms with van der Waals surface area (Å²) in [6.07, 6.45) is 0. The third kappa shape index (κ3) is 5.02. The molecule has 0 aliphatic carbocycles. The maximum atomic E-state index is 5.38. The van der Waals surface area contributed by atoms with Crippen molar-refractivity contribution >= 4 is 65.3 Å². The van der Waals surface area contributed by atoms with Crippen LogP contribution in [0.5, 0.6) is 0 Å². The Kier molecular flexibility index (Phi) is 7.20. The minimum absolute atomic E-state index is 0.694. The molecule has 0 N–H and O–H groups in total. The lowest BCUT2D eigenvalue weighted by Gasteiger charge is -2.14. The maximum Gasteiger partial charge on any atom is 0.160 e. The highest BCUT2D eigenvalue weighted by atomic mass is 15.0. The summed E-state index contributed by atoms with van der Waals surface area (Å²) in [6, 6.07) is 73.8. The van der Waals surface area contributed by atoms with Crippen LogP contribution in [0.4, 0.5) is 0 Å². The number of hydrogen-bond donors (Lipinski definition) is 0. The van der Waals surface area contributed by atoms with Crippen LogP contribution in [0.2, 0.25) is 0 Å². The molecule has 0 fully saturated rings. The molecular formula is C54H34N4. The summed E-state index contributed by atoms with van der Waals surface area (Å²) in [6.45, 7) is 0. The van der Waals surface area contributed by atoms with Crippen LogP contribution >= 0.6 is 0 Å². The van der Waals surface area contributed by atoms with Crippen molar-refractivity contribution in [2.45, 2.75) is 0 Å². The lowest BCUT2D eigenvalue weighted by Crippen LogP contribution is -1.99. The van der Waals surface area contributed by atoms with Crippen LogP contribution < -0.4 is 0 Å². The second-order valence-electron chi connectivity index (χ2n) is 15.0. The van der Waals surface area contributed by atoms with Gasteiger partial charge in [0.05, 0.1) is 33.3 Å².